The number of aliphatic imine (C=N–C) groups is 1. The largest absolute Gasteiger partial charge is 0.377 e. The molecule has 1 aromatic rings. The molecule has 134 valence electrons. The highest BCUT2D eigenvalue weighted by molar-refractivity contribution is 5.84. The van der Waals surface area contributed by atoms with Crippen molar-refractivity contribution in [3.63, 3.8) is 0 Å². The van der Waals surface area contributed by atoms with Crippen molar-refractivity contribution in [3.8, 4) is 0 Å². The summed E-state index contributed by atoms with van der Waals surface area (Å²) in [6.45, 7) is 5.12. The third-order valence-corrected chi connectivity index (χ3v) is 3.33. The zero-order chi connectivity index (χ0) is 17.6. The molecule has 0 radical (unpaired) electrons. The number of nitrogens with zero attached hydrogens (tertiary/aromatic N) is 2. The van der Waals surface area contributed by atoms with Crippen molar-refractivity contribution in [1.29, 1.82) is 0 Å². The average molecular weight is 334 g/mol. The summed E-state index contributed by atoms with van der Waals surface area (Å²) in [5, 5.41) is 6.37. The van der Waals surface area contributed by atoms with Gasteiger partial charge in [0.05, 0.1) is 6.61 Å². The van der Waals surface area contributed by atoms with E-state index in [4.69, 9.17) is 4.74 Å². The second-order valence-electron chi connectivity index (χ2n) is 5.66. The van der Waals surface area contributed by atoms with Gasteiger partial charge in [0.25, 0.3) is 0 Å². The molecule has 1 aromatic carbocycles. The number of ether oxygens (including phenoxy) is 1. The van der Waals surface area contributed by atoms with E-state index >= 15 is 0 Å². The van der Waals surface area contributed by atoms with Crippen LogP contribution in [0.15, 0.2) is 35.3 Å². The molecule has 0 bridgehead atoms. The molecule has 24 heavy (non-hydrogen) atoms. The monoisotopic (exact) mass is 334 g/mol. The lowest BCUT2D eigenvalue weighted by atomic mass is 10.2. The van der Waals surface area contributed by atoms with Gasteiger partial charge in [-0.25, -0.2) is 4.99 Å². The van der Waals surface area contributed by atoms with Crippen LogP contribution in [0.3, 0.4) is 0 Å². The van der Waals surface area contributed by atoms with Crippen LogP contribution in [-0.2, 0) is 16.1 Å². The first-order valence-electron chi connectivity index (χ1n) is 8.47. The molecule has 1 rings (SSSR count). The van der Waals surface area contributed by atoms with Crippen molar-refractivity contribution in [3.05, 3.63) is 35.9 Å². The molecule has 0 spiro atoms. The van der Waals surface area contributed by atoms with Gasteiger partial charge in [-0.2, -0.15) is 0 Å². The van der Waals surface area contributed by atoms with Gasteiger partial charge < -0.3 is 20.3 Å². The minimum Gasteiger partial charge on any atom is -0.377 e. The number of amides is 1. The normalized spacial score (nSPS) is 11.2. The number of rotatable bonds is 10. The molecule has 0 aliphatic heterocycles. The highest BCUT2D eigenvalue weighted by Crippen LogP contribution is 2.01. The Morgan fingerprint density at radius 1 is 1.17 bits per heavy atom. The number of hydrogen-bond donors (Lipinski definition) is 2. The van der Waals surface area contributed by atoms with Gasteiger partial charge in [-0.15, -0.1) is 0 Å². The summed E-state index contributed by atoms with van der Waals surface area (Å²) < 4.78 is 5.66. The summed E-state index contributed by atoms with van der Waals surface area (Å²) in [6.07, 6.45) is 1.97. The lowest BCUT2D eigenvalue weighted by Gasteiger charge is -2.12. The van der Waals surface area contributed by atoms with E-state index in [2.05, 4.69) is 27.8 Å². The zero-order valence-electron chi connectivity index (χ0n) is 15.0. The summed E-state index contributed by atoms with van der Waals surface area (Å²) in [5.41, 5.74) is 1.20. The topological polar surface area (TPSA) is 66.0 Å². The Bertz CT molecular complexity index is 489. The van der Waals surface area contributed by atoms with Crippen molar-refractivity contribution in [2.24, 2.45) is 4.99 Å². The minimum atomic E-state index is -0.0125. The van der Waals surface area contributed by atoms with Crippen LogP contribution >= 0.6 is 0 Å². The highest BCUT2D eigenvalue weighted by Gasteiger charge is 2.03. The van der Waals surface area contributed by atoms with Gasteiger partial charge in [-0.05, 0) is 25.3 Å². The Balaban J connectivity index is 2.14. The van der Waals surface area contributed by atoms with Gasteiger partial charge >= 0.3 is 0 Å². The highest BCUT2D eigenvalue weighted by atomic mass is 16.5. The second kappa shape index (κ2) is 12.4. The number of likely N-dealkylation sites (N-methyl/N-ethyl adjacent to an activating group) is 1. The summed E-state index contributed by atoms with van der Waals surface area (Å²) in [7, 11) is 3.46. The number of benzene rings is 1. The van der Waals surface area contributed by atoms with Crippen LogP contribution in [0.5, 0.6) is 0 Å². The van der Waals surface area contributed by atoms with E-state index in [1.165, 1.54) is 10.5 Å². The van der Waals surface area contributed by atoms with Crippen LogP contribution in [0.1, 0.15) is 25.3 Å². The fourth-order valence-electron chi connectivity index (χ4n) is 1.93. The number of guanidine groups is 1. The van der Waals surface area contributed by atoms with E-state index in [-0.39, 0.29) is 12.5 Å². The minimum absolute atomic E-state index is 0.0125. The van der Waals surface area contributed by atoms with Gasteiger partial charge in [-0.1, -0.05) is 30.3 Å². The third kappa shape index (κ3) is 9.15. The van der Waals surface area contributed by atoms with Crippen molar-refractivity contribution in [1.82, 2.24) is 15.5 Å². The fourth-order valence-corrected chi connectivity index (χ4v) is 1.93. The number of hydrogen-bond acceptors (Lipinski definition) is 3. The van der Waals surface area contributed by atoms with Crippen molar-refractivity contribution < 1.29 is 9.53 Å². The van der Waals surface area contributed by atoms with Crippen LogP contribution in [0.2, 0.25) is 0 Å². The number of carbonyl (C=O) groups excluding carboxylic acids is 1. The van der Waals surface area contributed by atoms with E-state index in [0.717, 1.165) is 32.5 Å². The molecule has 0 atom stereocenters. The molecule has 6 nitrogen and oxygen atoms in total. The van der Waals surface area contributed by atoms with Gasteiger partial charge in [0.2, 0.25) is 5.91 Å². The van der Waals surface area contributed by atoms with Crippen molar-refractivity contribution in [2.45, 2.75) is 26.4 Å². The van der Waals surface area contributed by atoms with Crippen LogP contribution in [0.25, 0.3) is 0 Å². The van der Waals surface area contributed by atoms with Gasteiger partial charge in [0, 0.05) is 33.8 Å². The fraction of sp³-hybridized carbons (Fsp3) is 0.556. The zero-order valence-corrected chi connectivity index (χ0v) is 15.0. The number of unbranched alkanes of at least 4 members (excludes halogenated alkanes) is 1. The van der Waals surface area contributed by atoms with Crippen LogP contribution in [0, 0.1) is 0 Å². The summed E-state index contributed by atoms with van der Waals surface area (Å²) >= 11 is 0. The first kappa shape index (κ1) is 20.0. The first-order chi connectivity index (χ1) is 11.6. The molecule has 0 fully saturated rings. The van der Waals surface area contributed by atoms with Crippen LogP contribution < -0.4 is 10.6 Å². The Morgan fingerprint density at radius 2 is 1.92 bits per heavy atom. The first-order valence-corrected chi connectivity index (χ1v) is 8.47. The SMILES string of the molecule is CCNC(=NCC(=O)N(C)C)NCCCCOCc1ccccc1. The molecule has 0 heterocycles. The molecular weight excluding hydrogens is 304 g/mol. The Morgan fingerprint density at radius 3 is 2.58 bits per heavy atom. The quantitative estimate of drug-likeness (QED) is 0.388. The van der Waals surface area contributed by atoms with Gasteiger partial charge in [0.1, 0.15) is 6.54 Å². The van der Waals surface area contributed by atoms with E-state index in [0.29, 0.717) is 12.6 Å². The standard InChI is InChI=1S/C18H30N4O2/c1-4-19-18(21-14-17(23)22(2)3)20-12-8-9-13-24-15-16-10-6-5-7-11-16/h5-7,10-11H,4,8-9,12-15H2,1-3H3,(H2,19,20,21). The Labute approximate surface area is 145 Å². The molecule has 1 amide bonds. The molecule has 0 aromatic heterocycles. The van der Waals surface area contributed by atoms with E-state index in [1.54, 1.807) is 14.1 Å². The predicted molar refractivity (Wildman–Crippen MR) is 98.0 cm³/mol. The second-order valence-corrected chi connectivity index (χ2v) is 5.66. The molecule has 0 saturated heterocycles. The molecule has 6 heteroatoms. The molecule has 0 unspecified atom stereocenters. The summed E-state index contributed by atoms with van der Waals surface area (Å²) in [5.74, 6) is 0.666. The lowest BCUT2D eigenvalue weighted by Crippen LogP contribution is -2.38. The van der Waals surface area contributed by atoms with E-state index in [1.807, 2.05) is 25.1 Å². The van der Waals surface area contributed by atoms with Crippen molar-refractivity contribution >= 4 is 11.9 Å². The molecule has 2 N–H and O–H groups in total. The predicted octanol–water partition coefficient (Wildman–Crippen LogP) is 1.63. The Hall–Kier alpha value is -2.08. The number of nitrogens with one attached hydrogen (secondary N) is 2. The third-order valence-electron chi connectivity index (χ3n) is 3.33. The molecule has 0 aliphatic carbocycles. The molecule has 0 aliphatic rings. The maximum absolute atomic E-state index is 11.6. The van der Waals surface area contributed by atoms with Crippen molar-refractivity contribution in [2.75, 3.05) is 40.3 Å². The molecule has 0 saturated carbocycles. The summed E-state index contributed by atoms with van der Waals surface area (Å²) in [6, 6.07) is 10.2. The summed E-state index contributed by atoms with van der Waals surface area (Å²) in [4.78, 5) is 17.4. The number of carbonyl (C=O) groups is 1. The Kier molecular flexibility index (Phi) is 10.3. The molecular formula is C18H30N4O2. The van der Waals surface area contributed by atoms with Crippen LogP contribution in [-0.4, -0.2) is 57.1 Å². The average Bonchev–Trinajstić information content (AvgIpc) is 2.59. The van der Waals surface area contributed by atoms with Crippen LogP contribution in [0.4, 0.5) is 0 Å². The maximum atomic E-state index is 11.6. The van der Waals surface area contributed by atoms with Gasteiger partial charge in [-0.3, -0.25) is 4.79 Å². The van der Waals surface area contributed by atoms with E-state index < -0.39 is 0 Å². The lowest BCUT2D eigenvalue weighted by molar-refractivity contribution is -0.127. The maximum Gasteiger partial charge on any atom is 0.243 e. The smallest absolute Gasteiger partial charge is 0.243 e. The van der Waals surface area contributed by atoms with E-state index in [9.17, 15) is 4.79 Å². The van der Waals surface area contributed by atoms with Gasteiger partial charge in [0.15, 0.2) is 5.96 Å².